The molecule has 0 aliphatic carbocycles. The Labute approximate surface area is 171 Å². The van der Waals surface area contributed by atoms with Gasteiger partial charge in [0.25, 0.3) is 0 Å². The van der Waals surface area contributed by atoms with Gasteiger partial charge in [-0.1, -0.05) is 6.92 Å². The molecule has 0 radical (unpaired) electrons. The van der Waals surface area contributed by atoms with E-state index in [4.69, 9.17) is 14.2 Å². The number of rotatable bonds is 11. The highest BCUT2D eigenvalue weighted by molar-refractivity contribution is 5.75. The number of esters is 2. The van der Waals surface area contributed by atoms with Crippen LogP contribution in [0.15, 0.2) is 18.7 Å². The molecule has 0 aromatic carbocycles. The zero-order chi connectivity index (χ0) is 21.9. The van der Waals surface area contributed by atoms with Gasteiger partial charge in [0, 0.05) is 26.0 Å². The number of nitrogens with zero attached hydrogens (tertiary/aromatic N) is 3. The lowest BCUT2D eigenvalue weighted by Gasteiger charge is -2.24. The van der Waals surface area contributed by atoms with E-state index in [0.717, 1.165) is 0 Å². The number of aromatic nitrogens is 2. The third kappa shape index (κ3) is 9.93. The molecule has 1 atom stereocenters. The topological polar surface area (TPSA) is 112 Å². The lowest BCUT2D eigenvalue weighted by atomic mass is 9.97. The van der Waals surface area contributed by atoms with Crippen LogP contribution >= 0.6 is 0 Å². The Morgan fingerprint density at radius 3 is 2.48 bits per heavy atom. The maximum Gasteiger partial charge on any atom is 0.411 e. The molecule has 0 bridgehead atoms. The minimum Gasteiger partial charge on any atom is -0.462 e. The molecule has 164 valence electrons. The standard InChI is InChI=1S/C19H32N4O6/c1-6-20-13-22(5)18(26)29-15(12-28-17(25)19(2,3)4)11-27-16(24)7-9-23-10-8-21-14-23/h8,10,14-15,20H,6-7,9,11-13H2,1-5H3. The lowest BCUT2D eigenvalue weighted by molar-refractivity contribution is -0.159. The van der Waals surface area contributed by atoms with Crippen LogP contribution in [0.1, 0.15) is 34.1 Å². The van der Waals surface area contributed by atoms with Gasteiger partial charge in [-0.15, -0.1) is 0 Å². The minimum absolute atomic E-state index is 0.138. The molecule has 0 saturated heterocycles. The number of hydrogen-bond acceptors (Lipinski definition) is 8. The second-order valence-corrected chi connectivity index (χ2v) is 7.55. The third-order valence-electron chi connectivity index (χ3n) is 3.75. The molecule has 1 unspecified atom stereocenters. The summed E-state index contributed by atoms with van der Waals surface area (Å²) in [6.45, 7) is 8.08. The van der Waals surface area contributed by atoms with Gasteiger partial charge in [-0.05, 0) is 27.3 Å². The first-order valence-corrected chi connectivity index (χ1v) is 9.54. The SMILES string of the molecule is CCNCN(C)C(=O)OC(COC(=O)CCn1ccnc1)COC(=O)C(C)(C)C. The molecule has 1 aromatic heterocycles. The number of imidazole rings is 1. The fraction of sp³-hybridized carbons (Fsp3) is 0.684. The van der Waals surface area contributed by atoms with Crippen LogP contribution in [0.4, 0.5) is 4.79 Å². The predicted octanol–water partition coefficient (Wildman–Crippen LogP) is 1.41. The van der Waals surface area contributed by atoms with Crippen molar-refractivity contribution in [1.82, 2.24) is 19.8 Å². The quantitative estimate of drug-likeness (QED) is 0.330. The molecular formula is C19H32N4O6. The Kier molecular flexibility index (Phi) is 10.1. The van der Waals surface area contributed by atoms with E-state index in [-0.39, 0.29) is 19.6 Å². The summed E-state index contributed by atoms with van der Waals surface area (Å²) in [5, 5.41) is 3.00. The maximum absolute atomic E-state index is 12.2. The Morgan fingerprint density at radius 1 is 1.21 bits per heavy atom. The van der Waals surface area contributed by atoms with E-state index in [2.05, 4.69) is 10.3 Å². The lowest BCUT2D eigenvalue weighted by Crippen LogP contribution is -2.40. The smallest absolute Gasteiger partial charge is 0.411 e. The molecule has 1 heterocycles. The first kappa shape index (κ1) is 24.4. The van der Waals surface area contributed by atoms with Crippen LogP contribution in [0, 0.1) is 5.41 Å². The van der Waals surface area contributed by atoms with Crippen LogP contribution in [0.3, 0.4) is 0 Å². The normalized spacial score (nSPS) is 12.2. The van der Waals surface area contributed by atoms with E-state index >= 15 is 0 Å². The van der Waals surface area contributed by atoms with E-state index in [1.807, 2.05) is 6.92 Å². The summed E-state index contributed by atoms with van der Waals surface area (Å²) < 4.78 is 17.5. The molecule has 0 spiro atoms. The molecule has 1 rings (SSSR count). The molecule has 0 aliphatic heterocycles. The monoisotopic (exact) mass is 412 g/mol. The van der Waals surface area contributed by atoms with Crippen LogP contribution in [0.25, 0.3) is 0 Å². The molecule has 10 nitrogen and oxygen atoms in total. The van der Waals surface area contributed by atoms with Gasteiger partial charge in [0.2, 0.25) is 0 Å². The molecule has 0 saturated carbocycles. The van der Waals surface area contributed by atoms with Crippen LogP contribution in [-0.2, 0) is 30.3 Å². The summed E-state index contributed by atoms with van der Waals surface area (Å²) in [6, 6.07) is 0. The third-order valence-corrected chi connectivity index (χ3v) is 3.75. The van der Waals surface area contributed by atoms with Crippen molar-refractivity contribution in [2.45, 2.75) is 46.8 Å². The number of amides is 1. The molecule has 1 amide bonds. The molecular weight excluding hydrogens is 380 g/mol. The van der Waals surface area contributed by atoms with Crippen LogP contribution in [0.5, 0.6) is 0 Å². The van der Waals surface area contributed by atoms with Gasteiger partial charge in [-0.25, -0.2) is 9.78 Å². The van der Waals surface area contributed by atoms with Crippen molar-refractivity contribution in [3.63, 3.8) is 0 Å². The van der Waals surface area contributed by atoms with Gasteiger partial charge in [0.15, 0.2) is 6.10 Å². The average molecular weight is 412 g/mol. The Hall–Kier alpha value is -2.62. The Bertz CT molecular complexity index is 642. The summed E-state index contributed by atoms with van der Waals surface area (Å²) in [7, 11) is 1.57. The molecule has 0 fully saturated rings. The van der Waals surface area contributed by atoms with E-state index in [1.165, 1.54) is 4.90 Å². The van der Waals surface area contributed by atoms with E-state index in [1.54, 1.807) is 51.1 Å². The summed E-state index contributed by atoms with van der Waals surface area (Å²) in [4.78, 5) is 41.4. The highest BCUT2D eigenvalue weighted by Crippen LogP contribution is 2.15. The molecule has 29 heavy (non-hydrogen) atoms. The summed E-state index contributed by atoms with van der Waals surface area (Å²) in [5.74, 6) is -0.895. The molecule has 10 heteroatoms. The van der Waals surface area contributed by atoms with Gasteiger partial charge >= 0.3 is 18.0 Å². The van der Waals surface area contributed by atoms with Gasteiger partial charge in [0.05, 0.1) is 24.8 Å². The van der Waals surface area contributed by atoms with Crippen molar-refractivity contribution < 1.29 is 28.6 Å². The average Bonchev–Trinajstić information content (AvgIpc) is 3.18. The first-order chi connectivity index (χ1) is 13.6. The maximum atomic E-state index is 12.2. The van der Waals surface area contributed by atoms with Crippen LogP contribution < -0.4 is 5.32 Å². The minimum atomic E-state index is -0.907. The number of carbonyl (C=O) groups is 3. The van der Waals surface area contributed by atoms with Gasteiger partial charge in [-0.2, -0.15) is 0 Å². The van der Waals surface area contributed by atoms with Crippen LogP contribution in [0.2, 0.25) is 0 Å². The number of ether oxygens (including phenoxy) is 3. The Morgan fingerprint density at radius 2 is 1.90 bits per heavy atom. The van der Waals surface area contributed by atoms with Crippen LogP contribution in [-0.4, -0.2) is 72.1 Å². The van der Waals surface area contributed by atoms with Crippen molar-refractivity contribution >= 4 is 18.0 Å². The van der Waals surface area contributed by atoms with E-state index in [0.29, 0.717) is 19.8 Å². The summed E-state index contributed by atoms with van der Waals surface area (Å²) in [5.41, 5.74) is -0.697. The van der Waals surface area contributed by atoms with Gasteiger partial charge in [0.1, 0.15) is 13.2 Å². The number of carbonyl (C=O) groups excluding carboxylic acids is 3. The zero-order valence-electron chi connectivity index (χ0n) is 17.8. The second-order valence-electron chi connectivity index (χ2n) is 7.55. The summed E-state index contributed by atoms with van der Waals surface area (Å²) >= 11 is 0. The van der Waals surface area contributed by atoms with Crippen molar-refractivity contribution in [2.75, 3.05) is 33.5 Å². The highest BCUT2D eigenvalue weighted by atomic mass is 16.6. The fourth-order valence-electron chi connectivity index (χ4n) is 1.98. The molecule has 1 aromatic rings. The Balaban J connectivity index is 2.57. The van der Waals surface area contributed by atoms with E-state index in [9.17, 15) is 14.4 Å². The number of aryl methyl sites for hydroxylation is 1. The largest absolute Gasteiger partial charge is 0.462 e. The number of nitrogens with one attached hydrogen (secondary N) is 1. The van der Waals surface area contributed by atoms with Gasteiger partial charge < -0.3 is 18.8 Å². The predicted molar refractivity (Wildman–Crippen MR) is 105 cm³/mol. The van der Waals surface area contributed by atoms with Gasteiger partial charge in [-0.3, -0.25) is 19.8 Å². The summed E-state index contributed by atoms with van der Waals surface area (Å²) in [6.07, 6.45) is 3.58. The van der Waals surface area contributed by atoms with Crippen molar-refractivity contribution in [2.24, 2.45) is 5.41 Å². The fourth-order valence-corrected chi connectivity index (χ4v) is 1.98. The van der Waals surface area contributed by atoms with Crippen molar-refractivity contribution in [3.05, 3.63) is 18.7 Å². The van der Waals surface area contributed by atoms with Crippen molar-refractivity contribution in [3.8, 4) is 0 Å². The second kappa shape index (κ2) is 12.1. The highest BCUT2D eigenvalue weighted by Gasteiger charge is 2.26. The zero-order valence-corrected chi connectivity index (χ0v) is 17.8. The number of hydrogen-bond donors (Lipinski definition) is 1. The molecule has 0 aliphatic rings. The van der Waals surface area contributed by atoms with E-state index < -0.39 is 29.6 Å². The van der Waals surface area contributed by atoms with Crippen molar-refractivity contribution in [1.29, 1.82) is 0 Å². The molecule has 1 N–H and O–H groups in total. The first-order valence-electron chi connectivity index (χ1n) is 9.54.